The monoisotopic (exact) mass is 228 g/mol. The van der Waals surface area contributed by atoms with E-state index in [1.165, 1.54) is 11.1 Å². The molecule has 0 unspecified atom stereocenters. The highest BCUT2D eigenvalue weighted by Gasteiger charge is 2.14. The maximum Gasteiger partial charge on any atom is 0.122 e. The average Bonchev–Trinajstić information content (AvgIpc) is 2.64. The van der Waals surface area contributed by atoms with Gasteiger partial charge in [-0.2, -0.15) is 0 Å². The van der Waals surface area contributed by atoms with Crippen LogP contribution in [-0.2, 0) is 6.42 Å². The fourth-order valence-corrected chi connectivity index (χ4v) is 1.78. The molecule has 0 fully saturated rings. The van der Waals surface area contributed by atoms with Crippen molar-refractivity contribution in [2.75, 3.05) is 13.2 Å². The van der Waals surface area contributed by atoms with E-state index >= 15 is 0 Å². The van der Waals surface area contributed by atoms with E-state index in [9.17, 15) is 0 Å². The van der Waals surface area contributed by atoms with Gasteiger partial charge in [0, 0.05) is 12.5 Å². The van der Waals surface area contributed by atoms with Crippen LogP contribution < -0.4 is 16.2 Å². The second kappa shape index (κ2) is 5.35. The number of rotatable bonds is 3. The van der Waals surface area contributed by atoms with Gasteiger partial charge in [-0.3, -0.25) is 0 Å². The van der Waals surface area contributed by atoms with Crippen molar-refractivity contribution in [1.29, 1.82) is 0 Å². The first-order valence-corrected chi connectivity index (χ1v) is 5.02. The number of hydrogen-bond acceptors (Lipinski definition) is 3. The van der Waals surface area contributed by atoms with E-state index in [0.29, 0.717) is 6.54 Å². The summed E-state index contributed by atoms with van der Waals surface area (Å²) in [5, 5.41) is 0. The van der Waals surface area contributed by atoms with E-state index in [4.69, 9.17) is 16.2 Å². The van der Waals surface area contributed by atoms with Crippen LogP contribution in [-0.4, -0.2) is 13.2 Å². The molecule has 1 aromatic rings. The highest BCUT2D eigenvalue weighted by Crippen LogP contribution is 2.28. The molecule has 1 heterocycles. The minimum Gasteiger partial charge on any atom is -0.493 e. The van der Waals surface area contributed by atoms with Gasteiger partial charge in [-0.15, -0.1) is 12.4 Å². The van der Waals surface area contributed by atoms with Crippen LogP contribution in [0.25, 0.3) is 0 Å². The van der Waals surface area contributed by atoms with Gasteiger partial charge >= 0.3 is 0 Å². The fourth-order valence-electron chi connectivity index (χ4n) is 1.78. The van der Waals surface area contributed by atoms with Gasteiger partial charge < -0.3 is 16.2 Å². The normalized spacial score (nSPS) is 15.1. The molecule has 3 nitrogen and oxygen atoms in total. The molecule has 0 saturated carbocycles. The molecule has 0 bridgehead atoms. The van der Waals surface area contributed by atoms with Crippen LogP contribution in [0, 0.1) is 0 Å². The molecule has 1 atom stereocenters. The van der Waals surface area contributed by atoms with Crippen molar-refractivity contribution in [3.8, 4) is 5.75 Å². The molecule has 0 aromatic heterocycles. The number of benzene rings is 1. The van der Waals surface area contributed by atoms with E-state index in [1.807, 2.05) is 12.1 Å². The molecule has 1 aliphatic heterocycles. The Bertz CT molecular complexity index is 330. The summed E-state index contributed by atoms with van der Waals surface area (Å²) in [5.74, 6) is 1.01. The maximum absolute atomic E-state index is 5.98. The summed E-state index contributed by atoms with van der Waals surface area (Å²) in [4.78, 5) is 0. The van der Waals surface area contributed by atoms with Crippen LogP contribution in [0.1, 0.15) is 23.6 Å². The van der Waals surface area contributed by atoms with Crippen molar-refractivity contribution in [2.45, 2.75) is 18.9 Å². The van der Waals surface area contributed by atoms with Crippen LogP contribution in [0.4, 0.5) is 0 Å². The minimum absolute atomic E-state index is 0. The van der Waals surface area contributed by atoms with Crippen molar-refractivity contribution in [3.05, 3.63) is 29.3 Å². The average molecular weight is 229 g/mol. The Balaban J connectivity index is 0.00000112. The van der Waals surface area contributed by atoms with Crippen molar-refractivity contribution in [2.24, 2.45) is 11.5 Å². The second-order valence-electron chi connectivity index (χ2n) is 3.65. The highest BCUT2D eigenvalue weighted by atomic mass is 35.5. The van der Waals surface area contributed by atoms with E-state index < -0.39 is 0 Å². The van der Waals surface area contributed by atoms with Crippen molar-refractivity contribution in [1.82, 2.24) is 0 Å². The zero-order chi connectivity index (χ0) is 9.97. The largest absolute Gasteiger partial charge is 0.493 e. The molecular formula is C11H17ClN2O. The van der Waals surface area contributed by atoms with E-state index in [-0.39, 0.29) is 18.4 Å². The summed E-state index contributed by atoms with van der Waals surface area (Å²) in [6.07, 6.45) is 1.83. The highest BCUT2D eigenvalue weighted by molar-refractivity contribution is 5.85. The summed E-state index contributed by atoms with van der Waals surface area (Å²) in [6.45, 7) is 1.43. The molecule has 1 aliphatic rings. The first-order valence-electron chi connectivity index (χ1n) is 5.02. The summed E-state index contributed by atoms with van der Waals surface area (Å²) in [7, 11) is 0. The summed E-state index contributed by atoms with van der Waals surface area (Å²) in [6, 6.07) is 6.24. The molecule has 0 spiro atoms. The van der Waals surface area contributed by atoms with Crippen LogP contribution in [0.3, 0.4) is 0 Å². The lowest BCUT2D eigenvalue weighted by Gasteiger charge is -2.11. The fraction of sp³-hybridized carbons (Fsp3) is 0.455. The van der Waals surface area contributed by atoms with Gasteiger partial charge in [0.25, 0.3) is 0 Å². The smallest absolute Gasteiger partial charge is 0.122 e. The van der Waals surface area contributed by atoms with Crippen molar-refractivity contribution < 1.29 is 4.74 Å². The molecule has 1 aromatic carbocycles. The molecule has 0 radical (unpaired) electrons. The third-order valence-corrected chi connectivity index (χ3v) is 2.62. The van der Waals surface area contributed by atoms with Gasteiger partial charge in [0.1, 0.15) is 5.75 Å². The Labute approximate surface area is 96.2 Å². The van der Waals surface area contributed by atoms with Gasteiger partial charge in [-0.05, 0) is 30.2 Å². The lowest BCUT2D eigenvalue weighted by molar-refractivity contribution is 0.357. The lowest BCUT2D eigenvalue weighted by atomic mass is 10.0. The van der Waals surface area contributed by atoms with Gasteiger partial charge in [0.05, 0.1) is 6.61 Å². The predicted molar refractivity (Wildman–Crippen MR) is 63.5 cm³/mol. The number of halogens is 1. The van der Waals surface area contributed by atoms with Crippen LogP contribution in [0.2, 0.25) is 0 Å². The SMILES string of the molecule is Cl.NCC[C@@H](N)c1ccc2c(c1)CCO2. The minimum atomic E-state index is 0. The van der Waals surface area contributed by atoms with Gasteiger partial charge in [-0.25, -0.2) is 0 Å². The molecule has 15 heavy (non-hydrogen) atoms. The molecule has 4 N–H and O–H groups in total. The van der Waals surface area contributed by atoms with E-state index in [1.54, 1.807) is 0 Å². The maximum atomic E-state index is 5.98. The first kappa shape index (κ1) is 12.3. The van der Waals surface area contributed by atoms with Crippen molar-refractivity contribution >= 4 is 12.4 Å². The molecule has 0 aliphatic carbocycles. The summed E-state index contributed by atoms with van der Waals surface area (Å²) >= 11 is 0. The first-order chi connectivity index (χ1) is 6.81. The molecule has 84 valence electrons. The lowest BCUT2D eigenvalue weighted by Crippen LogP contribution is -2.15. The number of fused-ring (bicyclic) bond motifs is 1. The quantitative estimate of drug-likeness (QED) is 0.822. The molecule has 0 amide bonds. The summed E-state index contributed by atoms with van der Waals surface area (Å²) in [5.41, 5.74) is 13.9. The van der Waals surface area contributed by atoms with Crippen LogP contribution >= 0.6 is 12.4 Å². The van der Waals surface area contributed by atoms with Gasteiger partial charge in [0.2, 0.25) is 0 Å². The Hall–Kier alpha value is -0.770. The Morgan fingerprint density at radius 2 is 2.20 bits per heavy atom. The van der Waals surface area contributed by atoms with E-state index in [2.05, 4.69) is 6.07 Å². The zero-order valence-electron chi connectivity index (χ0n) is 8.61. The second-order valence-corrected chi connectivity index (χ2v) is 3.65. The third kappa shape index (κ3) is 2.62. The Morgan fingerprint density at radius 3 is 2.93 bits per heavy atom. The van der Waals surface area contributed by atoms with Crippen LogP contribution in [0.15, 0.2) is 18.2 Å². The Kier molecular flexibility index (Phi) is 4.39. The third-order valence-electron chi connectivity index (χ3n) is 2.62. The van der Waals surface area contributed by atoms with E-state index in [0.717, 1.165) is 25.2 Å². The standard InChI is InChI=1S/C11H16N2O.ClH/c12-5-3-10(13)8-1-2-11-9(7-8)4-6-14-11;/h1-2,7,10H,3-6,12-13H2;1H/t10-;/m1./s1. The topological polar surface area (TPSA) is 61.3 Å². The van der Waals surface area contributed by atoms with Gasteiger partial charge in [-0.1, -0.05) is 12.1 Å². The number of nitrogens with two attached hydrogens (primary N) is 2. The number of hydrogen-bond donors (Lipinski definition) is 2. The van der Waals surface area contributed by atoms with Crippen LogP contribution in [0.5, 0.6) is 5.75 Å². The molecule has 2 rings (SSSR count). The zero-order valence-corrected chi connectivity index (χ0v) is 9.43. The molecular weight excluding hydrogens is 212 g/mol. The predicted octanol–water partition coefficient (Wildman–Crippen LogP) is 1.39. The molecule has 0 saturated heterocycles. The Morgan fingerprint density at radius 1 is 1.40 bits per heavy atom. The molecule has 4 heteroatoms. The summed E-state index contributed by atoms with van der Waals surface area (Å²) < 4.78 is 5.43. The number of ether oxygens (including phenoxy) is 1. The van der Waals surface area contributed by atoms with Crippen molar-refractivity contribution in [3.63, 3.8) is 0 Å². The van der Waals surface area contributed by atoms with Gasteiger partial charge in [0.15, 0.2) is 0 Å².